The molecule has 100 valence electrons. The van der Waals surface area contributed by atoms with Gasteiger partial charge in [0.2, 0.25) is 0 Å². The number of methoxy groups -OCH3 is 1. The first-order valence-electron chi connectivity index (χ1n) is 5.79. The second kappa shape index (κ2) is 6.22. The summed E-state index contributed by atoms with van der Waals surface area (Å²) in [5.74, 6) is 0.192. The Morgan fingerprint density at radius 2 is 2.10 bits per heavy atom. The lowest BCUT2D eigenvalue weighted by Gasteiger charge is -2.10. The number of anilines is 1. The van der Waals surface area contributed by atoms with Gasteiger partial charge < -0.3 is 10.1 Å². The Morgan fingerprint density at radius 3 is 2.80 bits per heavy atom. The highest BCUT2D eigenvalue weighted by molar-refractivity contribution is 9.10. The van der Waals surface area contributed by atoms with E-state index in [1.54, 1.807) is 42.5 Å². The van der Waals surface area contributed by atoms with Crippen molar-refractivity contribution in [1.29, 1.82) is 5.26 Å². The topological polar surface area (TPSA) is 62.1 Å². The maximum Gasteiger partial charge on any atom is 0.259 e. The number of nitrogens with zero attached hydrogens (tertiary/aromatic N) is 1. The Kier molecular flexibility index (Phi) is 4.38. The Bertz CT molecular complexity index is 693. The Labute approximate surface area is 125 Å². The Balaban J connectivity index is 2.26. The van der Waals surface area contributed by atoms with Crippen molar-refractivity contribution in [2.45, 2.75) is 0 Å². The zero-order valence-corrected chi connectivity index (χ0v) is 12.3. The molecular weight excluding hydrogens is 320 g/mol. The number of carbonyl (C=O) groups is 1. The molecule has 0 aliphatic rings. The van der Waals surface area contributed by atoms with Gasteiger partial charge in [0.1, 0.15) is 5.75 Å². The zero-order valence-electron chi connectivity index (χ0n) is 10.7. The molecular formula is C15H11BrN2O2. The van der Waals surface area contributed by atoms with Gasteiger partial charge in [-0.1, -0.05) is 22.0 Å². The van der Waals surface area contributed by atoms with E-state index in [4.69, 9.17) is 10.00 Å². The monoisotopic (exact) mass is 330 g/mol. The van der Waals surface area contributed by atoms with Crippen LogP contribution in [0.3, 0.4) is 0 Å². The standard InChI is InChI=1S/C15H11BrN2O2/c1-20-14-8-11(16)5-6-13(14)15(19)18-12-4-2-3-10(7-12)9-17/h2-8H,1H3,(H,18,19). The highest BCUT2D eigenvalue weighted by atomic mass is 79.9. The minimum Gasteiger partial charge on any atom is -0.496 e. The molecule has 0 saturated carbocycles. The third-order valence-electron chi connectivity index (χ3n) is 2.66. The lowest BCUT2D eigenvalue weighted by molar-refractivity contribution is 0.102. The van der Waals surface area contributed by atoms with Gasteiger partial charge in [0.25, 0.3) is 5.91 Å². The molecule has 0 radical (unpaired) electrons. The van der Waals surface area contributed by atoms with Crippen LogP contribution in [0.1, 0.15) is 15.9 Å². The van der Waals surface area contributed by atoms with Gasteiger partial charge in [-0.05, 0) is 36.4 Å². The number of halogens is 1. The van der Waals surface area contributed by atoms with Crippen molar-refractivity contribution in [3.8, 4) is 11.8 Å². The number of ether oxygens (including phenoxy) is 1. The summed E-state index contributed by atoms with van der Waals surface area (Å²) in [5.41, 5.74) is 1.49. The quantitative estimate of drug-likeness (QED) is 0.935. The molecule has 0 saturated heterocycles. The number of benzene rings is 2. The molecule has 2 aromatic carbocycles. The summed E-state index contributed by atoms with van der Waals surface area (Å²) < 4.78 is 6.02. The Hall–Kier alpha value is -2.32. The van der Waals surface area contributed by atoms with Crippen LogP contribution in [-0.4, -0.2) is 13.0 Å². The number of hydrogen-bond acceptors (Lipinski definition) is 3. The maximum atomic E-state index is 12.2. The average Bonchev–Trinajstić information content (AvgIpc) is 2.47. The highest BCUT2D eigenvalue weighted by Gasteiger charge is 2.12. The lowest BCUT2D eigenvalue weighted by Crippen LogP contribution is -2.13. The molecule has 2 rings (SSSR count). The minimum absolute atomic E-state index is 0.288. The summed E-state index contributed by atoms with van der Waals surface area (Å²) in [4.78, 5) is 12.2. The van der Waals surface area contributed by atoms with E-state index in [2.05, 4.69) is 21.2 Å². The van der Waals surface area contributed by atoms with Gasteiger partial charge in [0, 0.05) is 10.2 Å². The second-order valence-electron chi connectivity index (χ2n) is 3.99. The van der Waals surface area contributed by atoms with E-state index in [-0.39, 0.29) is 5.91 Å². The van der Waals surface area contributed by atoms with Crippen LogP contribution in [-0.2, 0) is 0 Å². The van der Waals surface area contributed by atoms with Crippen LogP contribution in [0.2, 0.25) is 0 Å². The van der Waals surface area contributed by atoms with Crippen LogP contribution in [0, 0.1) is 11.3 Å². The van der Waals surface area contributed by atoms with Gasteiger partial charge >= 0.3 is 0 Å². The van der Waals surface area contributed by atoms with Gasteiger partial charge in [-0.25, -0.2) is 0 Å². The molecule has 4 nitrogen and oxygen atoms in total. The summed E-state index contributed by atoms with van der Waals surface area (Å²) in [5, 5.41) is 11.6. The molecule has 0 bridgehead atoms. The van der Waals surface area contributed by atoms with Crippen molar-refractivity contribution >= 4 is 27.5 Å². The molecule has 0 aliphatic heterocycles. The number of hydrogen-bond donors (Lipinski definition) is 1. The van der Waals surface area contributed by atoms with Crippen molar-refractivity contribution < 1.29 is 9.53 Å². The van der Waals surface area contributed by atoms with E-state index in [9.17, 15) is 4.79 Å². The van der Waals surface area contributed by atoms with Gasteiger partial charge in [0.05, 0.1) is 24.3 Å². The predicted molar refractivity (Wildman–Crippen MR) is 79.8 cm³/mol. The number of nitrogens with one attached hydrogen (secondary N) is 1. The second-order valence-corrected chi connectivity index (χ2v) is 4.91. The number of rotatable bonds is 3. The van der Waals surface area contributed by atoms with Crippen molar-refractivity contribution in [2.24, 2.45) is 0 Å². The largest absolute Gasteiger partial charge is 0.496 e. The number of nitriles is 1. The van der Waals surface area contributed by atoms with Crippen LogP contribution >= 0.6 is 15.9 Å². The molecule has 2 aromatic rings. The van der Waals surface area contributed by atoms with Gasteiger partial charge in [-0.15, -0.1) is 0 Å². The summed E-state index contributed by atoms with van der Waals surface area (Å²) in [6.07, 6.45) is 0. The van der Waals surface area contributed by atoms with Gasteiger partial charge in [-0.3, -0.25) is 4.79 Å². The predicted octanol–water partition coefficient (Wildman–Crippen LogP) is 3.58. The van der Waals surface area contributed by atoms with Gasteiger partial charge in [0.15, 0.2) is 0 Å². The van der Waals surface area contributed by atoms with Crippen LogP contribution < -0.4 is 10.1 Å². The Morgan fingerprint density at radius 1 is 1.30 bits per heavy atom. The average molecular weight is 331 g/mol. The molecule has 1 amide bonds. The van der Waals surface area contributed by atoms with Crippen molar-refractivity contribution in [3.05, 3.63) is 58.1 Å². The third-order valence-corrected chi connectivity index (χ3v) is 3.15. The fraction of sp³-hybridized carbons (Fsp3) is 0.0667. The molecule has 0 fully saturated rings. The smallest absolute Gasteiger partial charge is 0.259 e. The molecule has 0 spiro atoms. The fourth-order valence-corrected chi connectivity index (χ4v) is 2.06. The lowest BCUT2D eigenvalue weighted by atomic mass is 10.1. The van der Waals surface area contributed by atoms with E-state index in [0.29, 0.717) is 22.6 Å². The van der Waals surface area contributed by atoms with Crippen LogP contribution in [0.5, 0.6) is 5.75 Å². The van der Waals surface area contributed by atoms with E-state index >= 15 is 0 Å². The summed E-state index contributed by atoms with van der Waals surface area (Å²) in [6, 6.07) is 13.9. The fourth-order valence-electron chi connectivity index (χ4n) is 1.72. The molecule has 0 aromatic heterocycles. The number of carbonyl (C=O) groups excluding carboxylic acids is 1. The van der Waals surface area contributed by atoms with Gasteiger partial charge in [-0.2, -0.15) is 5.26 Å². The first kappa shape index (κ1) is 14.1. The molecule has 20 heavy (non-hydrogen) atoms. The van der Waals surface area contributed by atoms with Crippen molar-refractivity contribution in [2.75, 3.05) is 12.4 Å². The maximum absolute atomic E-state index is 12.2. The first-order valence-corrected chi connectivity index (χ1v) is 6.58. The van der Waals surface area contributed by atoms with Crippen molar-refractivity contribution in [1.82, 2.24) is 0 Å². The molecule has 0 unspecified atom stereocenters. The van der Waals surface area contributed by atoms with Crippen LogP contribution in [0.4, 0.5) is 5.69 Å². The summed E-state index contributed by atoms with van der Waals surface area (Å²) in [7, 11) is 1.51. The van der Waals surface area contributed by atoms with Crippen LogP contribution in [0.15, 0.2) is 46.9 Å². The summed E-state index contributed by atoms with van der Waals surface area (Å²) in [6.45, 7) is 0. The van der Waals surface area contributed by atoms with E-state index in [0.717, 1.165) is 4.47 Å². The highest BCUT2D eigenvalue weighted by Crippen LogP contribution is 2.24. The van der Waals surface area contributed by atoms with E-state index in [1.165, 1.54) is 7.11 Å². The molecule has 1 N–H and O–H groups in total. The normalized spacial score (nSPS) is 9.65. The third kappa shape index (κ3) is 3.16. The summed E-state index contributed by atoms with van der Waals surface area (Å²) >= 11 is 3.32. The molecule has 0 aliphatic carbocycles. The van der Waals surface area contributed by atoms with Crippen molar-refractivity contribution in [3.63, 3.8) is 0 Å². The van der Waals surface area contributed by atoms with E-state index < -0.39 is 0 Å². The molecule has 5 heteroatoms. The SMILES string of the molecule is COc1cc(Br)ccc1C(=O)Nc1cccc(C#N)c1. The first-order chi connectivity index (χ1) is 9.63. The number of amides is 1. The van der Waals surface area contributed by atoms with Crippen LogP contribution in [0.25, 0.3) is 0 Å². The van der Waals surface area contributed by atoms with E-state index in [1.807, 2.05) is 6.07 Å². The molecule has 0 heterocycles. The molecule has 0 atom stereocenters. The zero-order chi connectivity index (χ0) is 14.5. The minimum atomic E-state index is -0.288.